The van der Waals surface area contributed by atoms with Crippen molar-refractivity contribution in [3.05, 3.63) is 75.1 Å². The third-order valence-electron chi connectivity index (χ3n) is 3.43. The Morgan fingerprint density at radius 1 is 1.24 bits per heavy atom. The number of nitrogens with one attached hydrogen (secondary N) is 1. The lowest BCUT2D eigenvalue weighted by atomic mass is 10.1. The van der Waals surface area contributed by atoms with E-state index in [1.54, 1.807) is 6.07 Å². The van der Waals surface area contributed by atoms with Crippen LogP contribution in [-0.4, -0.2) is 4.92 Å². The normalized spacial score (nSPS) is 12.1. The maximum atomic E-state index is 13.9. The van der Waals surface area contributed by atoms with Gasteiger partial charge >= 0.3 is 5.69 Å². The van der Waals surface area contributed by atoms with Gasteiger partial charge in [0.2, 0.25) is 5.82 Å². The topological polar surface area (TPSA) is 55.2 Å². The van der Waals surface area contributed by atoms with Crippen molar-refractivity contribution in [1.29, 1.82) is 0 Å². The minimum absolute atomic E-state index is 0.0317. The van der Waals surface area contributed by atoms with Crippen molar-refractivity contribution in [2.24, 2.45) is 0 Å². The van der Waals surface area contributed by atoms with Gasteiger partial charge in [-0.1, -0.05) is 42.0 Å². The summed E-state index contributed by atoms with van der Waals surface area (Å²) in [4.78, 5) is 10.0. The lowest BCUT2D eigenvalue weighted by Gasteiger charge is -2.15. The van der Waals surface area contributed by atoms with Crippen molar-refractivity contribution in [3.8, 4) is 0 Å². The summed E-state index contributed by atoms with van der Waals surface area (Å²) in [6.07, 6.45) is 0. The predicted octanol–water partition coefficient (Wildman–Crippen LogP) is 3.89. The van der Waals surface area contributed by atoms with Crippen molar-refractivity contribution < 1.29 is 9.31 Å². The quantitative estimate of drug-likeness (QED) is 0.670. The molecular formula is C16H17FN2O2. The molecule has 0 saturated heterocycles. The highest BCUT2D eigenvalue weighted by Gasteiger charge is 2.17. The highest BCUT2D eigenvalue weighted by molar-refractivity contribution is 5.36. The van der Waals surface area contributed by atoms with Crippen molar-refractivity contribution in [1.82, 2.24) is 5.32 Å². The molecule has 21 heavy (non-hydrogen) atoms. The van der Waals surface area contributed by atoms with Gasteiger partial charge in [-0.15, -0.1) is 0 Å². The van der Waals surface area contributed by atoms with E-state index in [1.165, 1.54) is 17.7 Å². The number of hydrogen-bond donors (Lipinski definition) is 1. The third-order valence-corrected chi connectivity index (χ3v) is 3.43. The number of aryl methyl sites for hydroxylation is 1. The fourth-order valence-electron chi connectivity index (χ4n) is 2.08. The second-order valence-electron chi connectivity index (χ2n) is 5.02. The van der Waals surface area contributed by atoms with Crippen LogP contribution in [0.3, 0.4) is 0 Å². The van der Waals surface area contributed by atoms with Crippen LogP contribution in [0.15, 0.2) is 42.5 Å². The Labute approximate surface area is 122 Å². The molecule has 2 aromatic rings. The zero-order chi connectivity index (χ0) is 15.4. The molecule has 4 nitrogen and oxygen atoms in total. The maximum Gasteiger partial charge on any atom is 0.305 e. The summed E-state index contributed by atoms with van der Waals surface area (Å²) in [6.45, 7) is 4.23. The Morgan fingerprint density at radius 3 is 2.52 bits per heavy atom. The molecule has 0 radical (unpaired) electrons. The third kappa shape index (κ3) is 3.64. The maximum absolute atomic E-state index is 13.9. The molecule has 0 fully saturated rings. The lowest BCUT2D eigenvalue weighted by molar-refractivity contribution is -0.387. The van der Waals surface area contributed by atoms with Crippen LogP contribution in [0.4, 0.5) is 10.1 Å². The predicted molar refractivity (Wildman–Crippen MR) is 79.5 cm³/mol. The number of halogens is 1. The standard InChI is InChI=1S/C16H17FN2O2/c1-11-6-8-13(9-7-11)12(2)18-10-14-4-3-5-15(16(14)17)19(20)21/h3-9,12,18H,10H2,1-2H3. The second-order valence-corrected chi connectivity index (χ2v) is 5.02. The molecule has 0 aromatic heterocycles. The Kier molecular flexibility index (Phi) is 4.65. The molecule has 0 aliphatic heterocycles. The first-order valence-electron chi connectivity index (χ1n) is 6.70. The summed E-state index contributed by atoms with van der Waals surface area (Å²) in [7, 11) is 0. The molecule has 110 valence electrons. The monoisotopic (exact) mass is 288 g/mol. The van der Waals surface area contributed by atoms with Gasteiger partial charge in [0.25, 0.3) is 0 Å². The van der Waals surface area contributed by atoms with Crippen molar-refractivity contribution >= 4 is 5.69 Å². The lowest BCUT2D eigenvalue weighted by Crippen LogP contribution is -2.19. The largest absolute Gasteiger partial charge is 0.306 e. The molecule has 2 rings (SSSR count). The van der Waals surface area contributed by atoms with E-state index < -0.39 is 16.4 Å². The van der Waals surface area contributed by atoms with Crippen molar-refractivity contribution in [3.63, 3.8) is 0 Å². The van der Waals surface area contributed by atoms with E-state index in [4.69, 9.17) is 0 Å². The van der Waals surface area contributed by atoms with E-state index in [0.29, 0.717) is 5.56 Å². The molecule has 0 amide bonds. The van der Waals surface area contributed by atoms with Crippen LogP contribution in [0, 0.1) is 22.9 Å². The van der Waals surface area contributed by atoms with E-state index in [1.807, 2.05) is 38.1 Å². The molecule has 5 heteroatoms. The number of nitrogens with zero attached hydrogens (tertiary/aromatic N) is 1. The van der Waals surface area contributed by atoms with Crippen LogP contribution in [0.1, 0.15) is 29.7 Å². The average molecular weight is 288 g/mol. The number of benzene rings is 2. The highest BCUT2D eigenvalue weighted by Crippen LogP contribution is 2.21. The Hall–Kier alpha value is -2.27. The summed E-state index contributed by atoms with van der Waals surface area (Å²) in [6, 6.07) is 12.3. The van der Waals surface area contributed by atoms with Gasteiger partial charge in [0.05, 0.1) is 4.92 Å². The van der Waals surface area contributed by atoms with Crippen LogP contribution in [0.25, 0.3) is 0 Å². The minimum Gasteiger partial charge on any atom is -0.306 e. The summed E-state index contributed by atoms with van der Waals surface area (Å²) >= 11 is 0. The summed E-state index contributed by atoms with van der Waals surface area (Å²) in [5.74, 6) is -0.772. The summed E-state index contributed by atoms with van der Waals surface area (Å²) in [5, 5.41) is 13.9. The van der Waals surface area contributed by atoms with Crippen molar-refractivity contribution in [2.45, 2.75) is 26.4 Å². The molecule has 0 spiro atoms. The summed E-state index contributed by atoms with van der Waals surface area (Å²) < 4.78 is 13.9. The molecule has 0 bridgehead atoms. The van der Waals surface area contributed by atoms with Crippen LogP contribution in [0.5, 0.6) is 0 Å². The van der Waals surface area contributed by atoms with Gasteiger partial charge < -0.3 is 5.32 Å². The number of nitro benzene ring substituents is 1. The molecule has 0 aliphatic rings. The average Bonchev–Trinajstić information content (AvgIpc) is 2.46. The van der Waals surface area contributed by atoms with Crippen LogP contribution < -0.4 is 5.32 Å². The highest BCUT2D eigenvalue weighted by atomic mass is 19.1. The van der Waals surface area contributed by atoms with Gasteiger partial charge in [-0.2, -0.15) is 4.39 Å². The van der Waals surface area contributed by atoms with Crippen LogP contribution in [0.2, 0.25) is 0 Å². The number of nitro groups is 1. The zero-order valence-corrected chi connectivity index (χ0v) is 12.0. The van der Waals surface area contributed by atoms with E-state index in [0.717, 1.165) is 5.56 Å². The van der Waals surface area contributed by atoms with Gasteiger partial charge in [-0.25, -0.2) is 0 Å². The number of rotatable bonds is 5. The molecular weight excluding hydrogens is 271 g/mol. The van der Waals surface area contributed by atoms with Gasteiger partial charge in [-0.3, -0.25) is 10.1 Å². The molecule has 0 heterocycles. The Balaban J connectivity index is 2.08. The van der Waals surface area contributed by atoms with Gasteiger partial charge in [0, 0.05) is 24.2 Å². The van der Waals surface area contributed by atoms with E-state index in [9.17, 15) is 14.5 Å². The fourth-order valence-corrected chi connectivity index (χ4v) is 2.08. The summed E-state index contributed by atoms with van der Waals surface area (Å²) in [5.41, 5.74) is 2.07. The molecule has 0 saturated carbocycles. The SMILES string of the molecule is Cc1ccc(C(C)NCc2cccc([N+](=O)[O-])c2F)cc1. The van der Waals surface area contributed by atoms with E-state index >= 15 is 0 Å². The van der Waals surface area contributed by atoms with Gasteiger partial charge in [0.15, 0.2) is 0 Å². The smallest absolute Gasteiger partial charge is 0.305 e. The second kappa shape index (κ2) is 6.45. The van der Waals surface area contributed by atoms with E-state index in [2.05, 4.69) is 5.32 Å². The minimum atomic E-state index is -0.772. The molecule has 2 aromatic carbocycles. The zero-order valence-electron chi connectivity index (χ0n) is 12.0. The first-order chi connectivity index (χ1) is 9.99. The molecule has 1 unspecified atom stereocenters. The Morgan fingerprint density at radius 2 is 1.90 bits per heavy atom. The molecule has 1 atom stereocenters. The Bertz CT molecular complexity index is 641. The van der Waals surface area contributed by atoms with Gasteiger partial charge in [-0.05, 0) is 19.4 Å². The van der Waals surface area contributed by atoms with Crippen LogP contribution in [-0.2, 0) is 6.54 Å². The van der Waals surface area contributed by atoms with Crippen molar-refractivity contribution in [2.75, 3.05) is 0 Å². The fraction of sp³-hybridized carbons (Fsp3) is 0.250. The van der Waals surface area contributed by atoms with Gasteiger partial charge in [0.1, 0.15) is 0 Å². The number of hydrogen-bond acceptors (Lipinski definition) is 3. The molecule has 0 aliphatic carbocycles. The van der Waals surface area contributed by atoms with Crippen LogP contribution >= 0.6 is 0 Å². The van der Waals surface area contributed by atoms with E-state index in [-0.39, 0.29) is 12.6 Å². The molecule has 1 N–H and O–H groups in total. The first-order valence-corrected chi connectivity index (χ1v) is 6.70. The first kappa shape index (κ1) is 15.1.